The van der Waals surface area contributed by atoms with Crippen molar-refractivity contribution in [2.45, 2.75) is 39.2 Å². The highest BCUT2D eigenvalue weighted by Gasteiger charge is 2.26. The van der Waals surface area contributed by atoms with Gasteiger partial charge in [0.2, 0.25) is 5.91 Å². The summed E-state index contributed by atoms with van der Waals surface area (Å²) in [6.45, 7) is 6.02. The lowest BCUT2D eigenvalue weighted by Gasteiger charge is -2.24. The third-order valence-corrected chi connectivity index (χ3v) is 5.26. The number of rotatable bonds is 8. The van der Waals surface area contributed by atoms with Gasteiger partial charge in [-0.25, -0.2) is 0 Å². The van der Waals surface area contributed by atoms with Crippen LogP contribution in [0.4, 0.5) is 11.4 Å². The van der Waals surface area contributed by atoms with E-state index in [1.807, 2.05) is 19.1 Å². The van der Waals surface area contributed by atoms with E-state index >= 15 is 0 Å². The van der Waals surface area contributed by atoms with E-state index in [0.29, 0.717) is 36.9 Å². The Hall–Kier alpha value is -2.93. The third-order valence-electron chi connectivity index (χ3n) is 5.26. The first-order chi connectivity index (χ1) is 14.0. The quantitative estimate of drug-likeness (QED) is 0.525. The molecule has 1 amide bonds. The standard InChI is InChI=1S/C22H27N3O4/c1-3-29-19-9-6-17(7-10-19)21-5-4-13-24(21)14-12-22(26)23-20-11-8-18(25(27)28)15-16(20)2/h6-11,15,21H,3-5,12-14H2,1-2H3,(H,23,26). The number of aryl methyl sites for hydroxylation is 1. The first-order valence-electron chi connectivity index (χ1n) is 9.99. The average Bonchev–Trinajstić information content (AvgIpc) is 3.17. The highest BCUT2D eigenvalue weighted by atomic mass is 16.6. The van der Waals surface area contributed by atoms with Crippen LogP contribution >= 0.6 is 0 Å². The van der Waals surface area contributed by atoms with Crippen LogP contribution in [0, 0.1) is 17.0 Å². The fourth-order valence-corrected chi connectivity index (χ4v) is 3.78. The monoisotopic (exact) mass is 397 g/mol. The number of nitrogens with one attached hydrogen (secondary N) is 1. The Bertz CT molecular complexity index is 867. The van der Waals surface area contributed by atoms with Gasteiger partial charge < -0.3 is 10.1 Å². The molecule has 29 heavy (non-hydrogen) atoms. The van der Waals surface area contributed by atoms with Crippen LogP contribution < -0.4 is 10.1 Å². The first-order valence-corrected chi connectivity index (χ1v) is 9.99. The number of ether oxygens (including phenoxy) is 1. The maximum absolute atomic E-state index is 12.4. The lowest BCUT2D eigenvalue weighted by atomic mass is 10.0. The molecule has 0 bridgehead atoms. The number of hydrogen-bond acceptors (Lipinski definition) is 5. The zero-order valence-electron chi connectivity index (χ0n) is 16.9. The Morgan fingerprint density at radius 3 is 2.69 bits per heavy atom. The van der Waals surface area contributed by atoms with Crippen molar-refractivity contribution in [2.24, 2.45) is 0 Å². The SMILES string of the molecule is CCOc1ccc(C2CCCN2CCC(=O)Nc2ccc([N+](=O)[O-])cc2C)cc1. The highest BCUT2D eigenvalue weighted by Crippen LogP contribution is 2.32. The summed E-state index contributed by atoms with van der Waals surface area (Å²) in [5.41, 5.74) is 2.57. The topological polar surface area (TPSA) is 84.7 Å². The molecule has 1 saturated heterocycles. The van der Waals surface area contributed by atoms with E-state index in [4.69, 9.17) is 4.74 Å². The van der Waals surface area contributed by atoms with Crippen LogP contribution in [0.15, 0.2) is 42.5 Å². The van der Waals surface area contributed by atoms with E-state index in [9.17, 15) is 14.9 Å². The third kappa shape index (κ3) is 5.32. The summed E-state index contributed by atoms with van der Waals surface area (Å²) in [6, 6.07) is 13.0. The van der Waals surface area contributed by atoms with Crippen molar-refractivity contribution in [2.75, 3.05) is 25.0 Å². The molecule has 7 nitrogen and oxygen atoms in total. The fourth-order valence-electron chi connectivity index (χ4n) is 3.78. The molecule has 7 heteroatoms. The van der Waals surface area contributed by atoms with Gasteiger partial charge in [0, 0.05) is 36.8 Å². The van der Waals surface area contributed by atoms with Crippen LogP contribution in [0.2, 0.25) is 0 Å². The number of amides is 1. The average molecular weight is 397 g/mol. The van der Waals surface area contributed by atoms with E-state index in [2.05, 4.69) is 22.3 Å². The van der Waals surface area contributed by atoms with Crippen molar-refractivity contribution in [1.82, 2.24) is 4.90 Å². The molecule has 1 unspecified atom stereocenters. The number of likely N-dealkylation sites (tertiary alicyclic amines) is 1. The van der Waals surface area contributed by atoms with Crippen LogP contribution in [-0.4, -0.2) is 35.4 Å². The number of carbonyl (C=O) groups is 1. The molecule has 0 spiro atoms. The molecule has 0 aliphatic carbocycles. The second-order valence-electron chi connectivity index (χ2n) is 7.25. The summed E-state index contributed by atoms with van der Waals surface area (Å²) in [4.78, 5) is 25.2. The predicted molar refractivity (Wildman–Crippen MR) is 112 cm³/mol. The number of non-ortho nitro benzene ring substituents is 1. The van der Waals surface area contributed by atoms with Crippen molar-refractivity contribution in [1.29, 1.82) is 0 Å². The second kappa shape index (κ2) is 9.52. The lowest BCUT2D eigenvalue weighted by molar-refractivity contribution is -0.384. The number of nitro benzene ring substituents is 1. The smallest absolute Gasteiger partial charge is 0.269 e. The molecule has 0 saturated carbocycles. The van der Waals surface area contributed by atoms with Gasteiger partial charge in [0.25, 0.3) is 5.69 Å². The molecule has 1 aliphatic heterocycles. The van der Waals surface area contributed by atoms with Crippen molar-refractivity contribution in [3.63, 3.8) is 0 Å². The molecule has 2 aromatic rings. The van der Waals surface area contributed by atoms with E-state index in [1.54, 1.807) is 13.0 Å². The van der Waals surface area contributed by atoms with Crippen molar-refractivity contribution < 1.29 is 14.5 Å². The van der Waals surface area contributed by atoms with Crippen LogP contribution in [0.1, 0.15) is 43.4 Å². The maximum Gasteiger partial charge on any atom is 0.269 e. The Kier molecular flexibility index (Phi) is 6.82. The summed E-state index contributed by atoms with van der Waals surface area (Å²) in [5.74, 6) is 0.790. The molecule has 1 fully saturated rings. The van der Waals surface area contributed by atoms with E-state index in [1.165, 1.54) is 17.7 Å². The summed E-state index contributed by atoms with van der Waals surface area (Å²) >= 11 is 0. The maximum atomic E-state index is 12.4. The minimum atomic E-state index is -0.437. The highest BCUT2D eigenvalue weighted by molar-refractivity contribution is 5.91. The fraction of sp³-hybridized carbons (Fsp3) is 0.409. The zero-order valence-corrected chi connectivity index (χ0v) is 16.9. The van der Waals surface area contributed by atoms with Gasteiger partial charge in [-0.1, -0.05) is 12.1 Å². The van der Waals surface area contributed by atoms with Crippen molar-refractivity contribution >= 4 is 17.3 Å². The molecular formula is C22H27N3O4. The first kappa shape index (κ1) is 20.8. The van der Waals surface area contributed by atoms with Gasteiger partial charge in [-0.3, -0.25) is 19.8 Å². The van der Waals surface area contributed by atoms with Gasteiger partial charge in [0.15, 0.2) is 0 Å². The molecule has 0 radical (unpaired) electrons. The summed E-state index contributed by atoms with van der Waals surface area (Å²) in [6.07, 6.45) is 2.57. The van der Waals surface area contributed by atoms with E-state index in [0.717, 1.165) is 25.1 Å². The number of nitro groups is 1. The Morgan fingerprint density at radius 1 is 1.28 bits per heavy atom. The number of carbonyl (C=O) groups excluding carboxylic acids is 1. The van der Waals surface area contributed by atoms with Gasteiger partial charge in [0.05, 0.1) is 11.5 Å². The van der Waals surface area contributed by atoms with Gasteiger partial charge in [0.1, 0.15) is 5.75 Å². The summed E-state index contributed by atoms with van der Waals surface area (Å²) in [7, 11) is 0. The molecule has 1 atom stereocenters. The number of hydrogen-bond donors (Lipinski definition) is 1. The number of nitrogens with zero attached hydrogens (tertiary/aromatic N) is 2. The van der Waals surface area contributed by atoms with Gasteiger partial charge in [-0.2, -0.15) is 0 Å². The predicted octanol–water partition coefficient (Wildman–Crippen LogP) is 4.47. The van der Waals surface area contributed by atoms with Gasteiger partial charge >= 0.3 is 0 Å². The minimum absolute atomic E-state index is 0.0239. The summed E-state index contributed by atoms with van der Waals surface area (Å²) < 4.78 is 5.51. The van der Waals surface area contributed by atoms with Gasteiger partial charge in [-0.05, 0) is 62.6 Å². The lowest BCUT2D eigenvalue weighted by Crippen LogP contribution is -2.27. The van der Waals surface area contributed by atoms with Crippen LogP contribution in [0.3, 0.4) is 0 Å². The normalized spacial score (nSPS) is 16.6. The molecule has 1 aliphatic rings. The second-order valence-corrected chi connectivity index (χ2v) is 7.25. The minimum Gasteiger partial charge on any atom is -0.494 e. The molecule has 2 aromatic carbocycles. The Labute approximate surface area is 170 Å². The largest absolute Gasteiger partial charge is 0.494 e. The molecule has 1 heterocycles. The Balaban J connectivity index is 1.56. The van der Waals surface area contributed by atoms with Crippen LogP contribution in [0.25, 0.3) is 0 Å². The van der Waals surface area contributed by atoms with E-state index in [-0.39, 0.29) is 11.6 Å². The van der Waals surface area contributed by atoms with E-state index < -0.39 is 4.92 Å². The molecule has 1 N–H and O–H groups in total. The van der Waals surface area contributed by atoms with Crippen molar-refractivity contribution in [3.8, 4) is 5.75 Å². The van der Waals surface area contributed by atoms with Crippen LogP contribution in [0.5, 0.6) is 5.75 Å². The Morgan fingerprint density at radius 2 is 2.03 bits per heavy atom. The van der Waals surface area contributed by atoms with Crippen LogP contribution in [-0.2, 0) is 4.79 Å². The molecular weight excluding hydrogens is 370 g/mol. The molecule has 0 aromatic heterocycles. The van der Waals surface area contributed by atoms with Crippen molar-refractivity contribution in [3.05, 3.63) is 63.7 Å². The molecule has 3 rings (SSSR count). The zero-order chi connectivity index (χ0) is 20.8. The summed E-state index contributed by atoms with van der Waals surface area (Å²) in [5, 5.41) is 13.7. The number of benzene rings is 2. The van der Waals surface area contributed by atoms with Gasteiger partial charge in [-0.15, -0.1) is 0 Å². The molecule has 154 valence electrons. The number of anilines is 1.